The zero-order valence-electron chi connectivity index (χ0n) is 28.1. The van der Waals surface area contributed by atoms with Gasteiger partial charge in [-0.15, -0.1) is 0 Å². The van der Waals surface area contributed by atoms with Gasteiger partial charge < -0.3 is 9.47 Å². The summed E-state index contributed by atoms with van der Waals surface area (Å²) in [6, 6.07) is 70.4. The Morgan fingerprint density at radius 3 is 1.51 bits per heavy atom. The number of aromatic nitrogens is 1. The molecule has 0 amide bonds. The molecule has 2 heteroatoms. The summed E-state index contributed by atoms with van der Waals surface area (Å²) in [7, 11) is 0. The van der Waals surface area contributed by atoms with Crippen LogP contribution in [0.25, 0.3) is 60.9 Å². The van der Waals surface area contributed by atoms with Gasteiger partial charge in [-0.05, 0) is 112 Å². The van der Waals surface area contributed by atoms with E-state index in [2.05, 4.69) is 204 Å². The molecule has 1 aromatic heterocycles. The van der Waals surface area contributed by atoms with Crippen molar-refractivity contribution in [3.8, 4) is 39.1 Å². The topological polar surface area (TPSA) is 8.17 Å². The third-order valence-corrected chi connectivity index (χ3v) is 10.5. The number of anilines is 3. The molecule has 0 unspecified atom stereocenters. The van der Waals surface area contributed by atoms with E-state index in [1.165, 1.54) is 66.3 Å². The number of para-hydroxylation sites is 3. The van der Waals surface area contributed by atoms with Crippen molar-refractivity contribution in [2.24, 2.45) is 0 Å². The molecule has 0 saturated carbocycles. The van der Waals surface area contributed by atoms with Crippen molar-refractivity contribution < 1.29 is 0 Å². The fourth-order valence-electron chi connectivity index (χ4n) is 8.05. The quantitative estimate of drug-likeness (QED) is 0.174. The standard InChI is InChI=1S/C49H34N2/c1-2-12-38(13-3-1)50(40-31-25-36(26-32-40)42-17-10-18-44-43-14-5-4-11-37(43)33-47(42)44)39-27-21-34(22-28-39)35-23-29-41(30-24-35)51-48-19-8-6-15-45(48)46-16-7-9-20-49(46)51/h1-32H,33H2. The highest BCUT2D eigenvalue weighted by Gasteiger charge is 2.21. The molecule has 0 bridgehead atoms. The third kappa shape index (κ3) is 4.95. The van der Waals surface area contributed by atoms with Crippen LogP contribution in [0.5, 0.6) is 0 Å². The number of hydrogen-bond donors (Lipinski definition) is 0. The maximum Gasteiger partial charge on any atom is 0.0541 e. The van der Waals surface area contributed by atoms with Crippen LogP contribution in [0.1, 0.15) is 11.1 Å². The second kappa shape index (κ2) is 12.0. The van der Waals surface area contributed by atoms with Gasteiger partial charge in [-0.3, -0.25) is 0 Å². The van der Waals surface area contributed by atoms with Gasteiger partial charge in [0.05, 0.1) is 11.0 Å². The lowest BCUT2D eigenvalue weighted by Crippen LogP contribution is -2.09. The molecular formula is C49H34N2. The van der Waals surface area contributed by atoms with Gasteiger partial charge in [-0.1, -0.05) is 133 Å². The van der Waals surface area contributed by atoms with E-state index in [-0.39, 0.29) is 0 Å². The highest BCUT2D eigenvalue weighted by Crippen LogP contribution is 2.43. The summed E-state index contributed by atoms with van der Waals surface area (Å²) in [5.74, 6) is 0. The fraction of sp³-hybridized carbons (Fsp3) is 0.0204. The third-order valence-electron chi connectivity index (χ3n) is 10.5. The van der Waals surface area contributed by atoms with Gasteiger partial charge in [0, 0.05) is 33.5 Å². The Morgan fingerprint density at radius 1 is 0.353 bits per heavy atom. The SMILES string of the molecule is c1ccc(N(c2ccc(-c3ccc(-n4c5ccccc5c5ccccc54)cc3)cc2)c2ccc(-c3cccc4c3Cc3ccccc3-4)cc2)cc1. The van der Waals surface area contributed by atoms with Crippen LogP contribution < -0.4 is 4.90 Å². The van der Waals surface area contributed by atoms with E-state index in [0.29, 0.717) is 0 Å². The summed E-state index contributed by atoms with van der Waals surface area (Å²) in [5.41, 5.74) is 17.5. The largest absolute Gasteiger partial charge is 0.311 e. The summed E-state index contributed by atoms with van der Waals surface area (Å²) < 4.78 is 2.37. The molecule has 240 valence electrons. The Balaban J connectivity index is 0.966. The maximum absolute atomic E-state index is 2.37. The normalized spacial score (nSPS) is 11.8. The number of fused-ring (bicyclic) bond motifs is 6. The molecule has 0 radical (unpaired) electrons. The van der Waals surface area contributed by atoms with Gasteiger partial charge in [-0.2, -0.15) is 0 Å². The molecule has 0 atom stereocenters. The van der Waals surface area contributed by atoms with Crippen LogP contribution in [0.3, 0.4) is 0 Å². The van der Waals surface area contributed by atoms with Gasteiger partial charge in [-0.25, -0.2) is 0 Å². The van der Waals surface area contributed by atoms with Gasteiger partial charge in [0.2, 0.25) is 0 Å². The molecule has 1 aliphatic rings. The van der Waals surface area contributed by atoms with Crippen molar-refractivity contribution in [2.45, 2.75) is 6.42 Å². The number of benzene rings is 8. The lowest BCUT2D eigenvalue weighted by atomic mass is 9.95. The summed E-state index contributed by atoms with van der Waals surface area (Å²) in [4.78, 5) is 2.34. The van der Waals surface area contributed by atoms with Crippen LogP contribution in [-0.2, 0) is 6.42 Å². The van der Waals surface area contributed by atoms with Gasteiger partial charge in [0.1, 0.15) is 0 Å². The minimum atomic E-state index is 0.981. The molecule has 9 aromatic rings. The summed E-state index contributed by atoms with van der Waals surface area (Å²) >= 11 is 0. The lowest BCUT2D eigenvalue weighted by molar-refractivity contribution is 1.18. The van der Waals surface area contributed by atoms with Crippen LogP contribution in [0.15, 0.2) is 194 Å². The Morgan fingerprint density at radius 2 is 0.843 bits per heavy atom. The second-order valence-electron chi connectivity index (χ2n) is 13.3. The first-order valence-corrected chi connectivity index (χ1v) is 17.6. The number of rotatable bonds is 6. The predicted molar refractivity (Wildman–Crippen MR) is 215 cm³/mol. The highest BCUT2D eigenvalue weighted by atomic mass is 15.1. The lowest BCUT2D eigenvalue weighted by Gasteiger charge is -2.26. The summed E-state index contributed by atoms with van der Waals surface area (Å²) in [5, 5.41) is 2.56. The molecule has 1 aliphatic carbocycles. The van der Waals surface area contributed by atoms with Crippen molar-refractivity contribution in [3.05, 3.63) is 205 Å². The van der Waals surface area contributed by atoms with Crippen molar-refractivity contribution in [3.63, 3.8) is 0 Å². The second-order valence-corrected chi connectivity index (χ2v) is 13.3. The minimum Gasteiger partial charge on any atom is -0.311 e. The van der Waals surface area contributed by atoms with E-state index >= 15 is 0 Å². The first-order chi connectivity index (χ1) is 25.3. The van der Waals surface area contributed by atoms with Crippen LogP contribution in [0.2, 0.25) is 0 Å². The van der Waals surface area contributed by atoms with E-state index in [4.69, 9.17) is 0 Å². The first-order valence-electron chi connectivity index (χ1n) is 17.6. The number of nitrogens with zero attached hydrogens (tertiary/aromatic N) is 2. The van der Waals surface area contributed by atoms with Gasteiger partial charge >= 0.3 is 0 Å². The highest BCUT2D eigenvalue weighted by molar-refractivity contribution is 6.09. The molecule has 0 aliphatic heterocycles. The molecule has 10 rings (SSSR count). The fourth-order valence-corrected chi connectivity index (χ4v) is 8.05. The Bertz CT molecular complexity index is 2630. The molecule has 0 spiro atoms. The molecule has 8 aromatic carbocycles. The van der Waals surface area contributed by atoms with Crippen LogP contribution in [0.4, 0.5) is 17.1 Å². The van der Waals surface area contributed by atoms with E-state index in [1.54, 1.807) is 0 Å². The van der Waals surface area contributed by atoms with Crippen LogP contribution >= 0.6 is 0 Å². The average Bonchev–Trinajstić information content (AvgIpc) is 3.75. The Kier molecular flexibility index (Phi) is 6.92. The van der Waals surface area contributed by atoms with Crippen LogP contribution in [0, 0.1) is 0 Å². The van der Waals surface area contributed by atoms with E-state index in [0.717, 1.165) is 29.2 Å². The minimum absolute atomic E-state index is 0.981. The molecule has 1 heterocycles. The zero-order chi connectivity index (χ0) is 33.7. The monoisotopic (exact) mass is 650 g/mol. The molecule has 0 N–H and O–H groups in total. The molecule has 51 heavy (non-hydrogen) atoms. The average molecular weight is 651 g/mol. The zero-order valence-corrected chi connectivity index (χ0v) is 28.1. The smallest absolute Gasteiger partial charge is 0.0541 e. The summed E-state index contributed by atoms with van der Waals surface area (Å²) in [6.45, 7) is 0. The molecule has 0 saturated heterocycles. The van der Waals surface area contributed by atoms with Gasteiger partial charge in [0.15, 0.2) is 0 Å². The van der Waals surface area contributed by atoms with E-state index < -0.39 is 0 Å². The maximum atomic E-state index is 2.37. The van der Waals surface area contributed by atoms with Crippen LogP contribution in [-0.4, -0.2) is 4.57 Å². The molecule has 2 nitrogen and oxygen atoms in total. The van der Waals surface area contributed by atoms with Crippen molar-refractivity contribution >= 4 is 38.9 Å². The number of hydrogen-bond acceptors (Lipinski definition) is 1. The Hall–Kier alpha value is -6.64. The molecular weight excluding hydrogens is 617 g/mol. The van der Waals surface area contributed by atoms with Crippen molar-refractivity contribution in [2.75, 3.05) is 4.90 Å². The predicted octanol–water partition coefficient (Wildman–Crippen LogP) is 13.2. The Labute approximate surface area is 298 Å². The first kappa shape index (κ1) is 29.3. The van der Waals surface area contributed by atoms with E-state index in [9.17, 15) is 0 Å². The summed E-state index contributed by atoms with van der Waals surface area (Å²) in [6.07, 6.45) is 0.981. The molecule has 0 fully saturated rings. The van der Waals surface area contributed by atoms with Gasteiger partial charge in [0.25, 0.3) is 0 Å². The van der Waals surface area contributed by atoms with Crippen molar-refractivity contribution in [1.82, 2.24) is 4.57 Å². The van der Waals surface area contributed by atoms with E-state index in [1.807, 2.05) is 0 Å². The van der Waals surface area contributed by atoms with Crippen molar-refractivity contribution in [1.29, 1.82) is 0 Å².